The number of rotatable bonds is 6. The van der Waals surface area contributed by atoms with Gasteiger partial charge in [-0.2, -0.15) is 0 Å². The van der Waals surface area contributed by atoms with Gasteiger partial charge in [-0.1, -0.05) is 18.2 Å². The number of carbonyl (C=O) groups excluding carboxylic acids is 1. The summed E-state index contributed by atoms with van der Waals surface area (Å²) in [6.45, 7) is 7.65. The lowest BCUT2D eigenvalue weighted by molar-refractivity contribution is -0.163. The number of piperidine rings is 3. The molecule has 1 aromatic carbocycles. The standard InChI is InChI=1S/C20H24N2O2.C10H14O4/c1-3-13-12-22-9-7-14(13)10-19(22)20(23)16-6-8-21-18-5-4-15(24-2)11-17(16)18;1-10(9(12)13)6-4-3-5-7(10)8(11)14-2/h3-6,8,11,13-14,19-20,23H,1,7,9-10,12H2,2H3;3-4,7H,5-6H2,1-2H3,(H,12,13)/t;7-,10-/m.0/s1. The number of aliphatic carboxylic acids is 1. The first kappa shape index (κ1) is 27.8. The average molecular weight is 523 g/mol. The first-order valence-corrected chi connectivity index (χ1v) is 13.2. The summed E-state index contributed by atoms with van der Waals surface area (Å²) < 4.78 is 9.95. The highest BCUT2D eigenvalue weighted by molar-refractivity contribution is 5.85. The van der Waals surface area contributed by atoms with Gasteiger partial charge in [0.25, 0.3) is 0 Å². The predicted octanol–water partition coefficient (Wildman–Crippen LogP) is 4.39. The molecule has 0 radical (unpaired) electrons. The Morgan fingerprint density at radius 3 is 2.68 bits per heavy atom. The number of aromatic nitrogens is 1. The second-order valence-electron chi connectivity index (χ2n) is 10.7. The van der Waals surface area contributed by atoms with E-state index in [4.69, 9.17) is 9.84 Å². The minimum absolute atomic E-state index is 0.178. The molecule has 4 aliphatic rings. The largest absolute Gasteiger partial charge is 0.497 e. The van der Waals surface area contributed by atoms with E-state index in [1.165, 1.54) is 13.5 Å². The molecule has 38 heavy (non-hydrogen) atoms. The summed E-state index contributed by atoms with van der Waals surface area (Å²) in [4.78, 5) is 29.3. The summed E-state index contributed by atoms with van der Waals surface area (Å²) in [5, 5.41) is 21.2. The number of hydrogen-bond acceptors (Lipinski definition) is 7. The van der Waals surface area contributed by atoms with Crippen molar-refractivity contribution < 1.29 is 29.3 Å². The third-order valence-electron chi connectivity index (χ3n) is 8.64. The Morgan fingerprint density at radius 1 is 1.26 bits per heavy atom. The van der Waals surface area contributed by atoms with Gasteiger partial charge in [-0.25, -0.2) is 0 Å². The van der Waals surface area contributed by atoms with Crippen LogP contribution in [-0.2, 0) is 14.3 Å². The van der Waals surface area contributed by atoms with Gasteiger partial charge < -0.3 is 19.7 Å². The third kappa shape index (κ3) is 5.33. The van der Waals surface area contributed by atoms with Crippen LogP contribution in [0.4, 0.5) is 0 Å². The number of aliphatic hydroxyl groups is 1. The Labute approximate surface area is 224 Å². The smallest absolute Gasteiger partial charge is 0.310 e. The molecule has 3 aliphatic heterocycles. The van der Waals surface area contributed by atoms with Crippen molar-refractivity contribution in [1.29, 1.82) is 0 Å². The zero-order valence-electron chi connectivity index (χ0n) is 22.4. The van der Waals surface area contributed by atoms with Crippen LogP contribution in [0.2, 0.25) is 0 Å². The number of carboxylic acids is 1. The van der Waals surface area contributed by atoms with E-state index in [1.807, 2.05) is 30.3 Å². The van der Waals surface area contributed by atoms with E-state index < -0.39 is 29.4 Å². The van der Waals surface area contributed by atoms with Gasteiger partial charge in [-0.05, 0) is 80.8 Å². The van der Waals surface area contributed by atoms with Crippen LogP contribution >= 0.6 is 0 Å². The van der Waals surface area contributed by atoms with Crippen molar-refractivity contribution in [3.8, 4) is 5.75 Å². The molecule has 8 heteroatoms. The van der Waals surface area contributed by atoms with E-state index in [2.05, 4.69) is 27.3 Å². The zero-order chi connectivity index (χ0) is 27.4. The topological polar surface area (TPSA) is 109 Å². The monoisotopic (exact) mass is 522 g/mol. The summed E-state index contributed by atoms with van der Waals surface area (Å²) in [5.41, 5.74) is 0.820. The van der Waals surface area contributed by atoms with Gasteiger partial charge in [0.05, 0.1) is 37.2 Å². The number of pyridine rings is 1. The van der Waals surface area contributed by atoms with Crippen LogP contribution in [0.25, 0.3) is 10.9 Å². The van der Waals surface area contributed by atoms with Gasteiger partial charge in [-0.15, -0.1) is 6.58 Å². The summed E-state index contributed by atoms with van der Waals surface area (Å²) in [6, 6.07) is 7.96. The van der Waals surface area contributed by atoms with Crippen LogP contribution < -0.4 is 4.74 Å². The first-order valence-electron chi connectivity index (χ1n) is 13.2. The van der Waals surface area contributed by atoms with E-state index in [9.17, 15) is 14.7 Å². The molecular formula is C30H38N2O6. The fourth-order valence-electron chi connectivity index (χ4n) is 6.14. The van der Waals surface area contributed by atoms with Crippen LogP contribution in [0.15, 0.2) is 55.3 Å². The Morgan fingerprint density at radius 2 is 2.05 bits per heavy atom. The number of aliphatic hydroxyl groups excluding tert-OH is 1. The van der Waals surface area contributed by atoms with Crippen molar-refractivity contribution in [3.63, 3.8) is 0 Å². The molecule has 4 heterocycles. The Balaban J connectivity index is 0.000000206. The van der Waals surface area contributed by atoms with Crippen LogP contribution in [0.1, 0.15) is 44.3 Å². The molecule has 1 aromatic heterocycles. The van der Waals surface area contributed by atoms with Crippen LogP contribution in [-0.4, -0.2) is 65.4 Å². The number of carboxylic acid groups (broad SMARTS) is 1. The maximum atomic E-state index is 11.4. The molecule has 6 rings (SSSR count). The number of allylic oxidation sites excluding steroid dienone is 2. The van der Waals surface area contributed by atoms with Crippen molar-refractivity contribution >= 4 is 22.8 Å². The SMILES string of the molecule is C=CC1CN2CCC1CC2C(O)c1ccnc2ccc(OC)cc12.COC(=O)[C@@H]1CC=CC[C@]1(C)C(=O)O. The lowest BCUT2D eigenvalue weighted by Gasteiger charge is -2.50. The molecule has 5 unspecified atom stereocenters. The highest BCUT2D eigenvalue weighted by atomic mass is 16.5. The second kappa shape index (κ2) is 11.7. The van der Waals surface area contributed by atoms with Crippen molar-refractivity contribution in [2.24, 2.45) is 23.2 Å². The molecule has 2 N–H and O–H groups in total. The highest BCUT2D eigenvalue weighted by Gasteiger charge is 2.46. The lowest BCUT2D eigenvalue weighted by Crippen LogP contribution is -2.54. The minimum Gasteiger partial charge on any atom is -0.497 e. The molecule has 0 spiro atoms. The van der Waals surface area contributed by atoms with Crippen molar-refractivity contribution in [3.05, 3.63) is 60.8 Å². The number of esters is 1. The molecule has 3 saturated heterocycles. The molecular weight excluding hydrogens is 484 g/mol. The normalized spacial score (nSPS) is 30.6. The Hall–Kier alpha value is -3.23. The fourth-order valence-corrected chi connectivity index (χ4v) is 6.14. The van der Waals surface area contributed by atoms with E-state index in [0.717, 1.165) is 41.7 Å². The molecule has 0 saturated carbocycles. The first-order chi connectivity index (χ1) is 18.2. The fraction of sp³-hybridized carbons (Fsp3) is 0.500. The second-order valence-corrected chi connectivity index (χ2v) is 10.7. The van der Waals surface area contributed by atoms with E-state index in [0.29, 0.717) is 24.7 Å². The molecule has 7 atom stereocenters. The summed E-state index contributed by atoms with van der Waals surface area (Å²) in [5.74, 6) is 0.0407. The number of hydrogen-bond donors (Lipinski definition) is 2. The van der Waals surface area contributed by atoms with Gasteiger partial charge in [0.1, 0.15) is 5.75 Å². The molecule has 2 bridgehead atoms. The summed E-state index contributed by atoms with van der Waals surface area (Å²) >= 11 is 0. The number of ether oxygens (including phenoxy) is 2. The molecule has 0 amide bonds. The highest BCUT2D eigenvalue weighted by Crippen LogP contribution is 2.42. The van der Waals surface area contributed by atoms with Gasteiger partial charge in [0, 0.05) is 24.2 Å². The minimum atomic E-state index is -1.03. The van der Waals surface area contributed by atoms with E-state index >= 15 is 0 Å². The molecule has 3 fully saturated rings. The van der Waals surface area contributed by atoms with Gasteiger partial charge in [0.15, 0.2) is 0 Å². The summed E-state index contributed by atoms with van der Waals surface area (Å²) in [6.07, 6.45) is 10.1. The van der Waals surface area contributed by atoms with Gasteiger partial charge >= 0.3 is 11.9 Å². The van der Waals surface area contributed by atoms with E-state index in [-0.39, 0.29) is 6.04 Å². The number of fused-ring (bicyclic) bond motifs is 4. The predicted molar refractivity (Wildman–Crippen MR) is 145 cm³/mol. The molecule has 2 aromatic rings. The number of carbonyl (C=O) groups is 2. The van der Waals surface area contributed by atoms with E-state index in [1.54, 1.807) is 26.3 Å². The Bertz CT molecular complexity index is 1210. The third-order valence-corrected chi connectivity index (χ3v) is 8.64. The van der Waals surface area contributed by atoms with Crippen molar-refractivity contribution in [2.75, 3.05) is 27.3 Å². The summed E-state index contributed by atoms with van der Waals surface area (Å²) in [7, 11) is 2.94. The Kier molecular flexibility index (Phi) is 8.53. The van der Waals surface area contributed by atoms with Gasteiger partial charge in [-0.3, -0.25) is 19.5 Å². The van der Waals surface area contributed by atoms with Crippen LogP contribution in [0.3, 0.4) is 0 Å². The molecule has 1 aliphatic carbocycles. The lowest BCUT2D eigenvalue weighted by atomic mass is 9.70. The van der Waals surface area contributed by atoms with Gasteiger partial charge in [0.2, 0.25) is 0 Å². The quantitative estimate of drug-likeness (QED) is 0.425. The molecule has 204 valence electrons. The van der Waals surface area contributed by atoms with Crippen LogP contribution in [0.5, 0.6) is 5.75 Å². The zero-order valence-corrected chi connectivity index (χ0v) is 22.4. The number of benzene rings is 1. The number of methoxy groups -OCH3 is 2. The van der Waals surface area contributed by atoms with Crippen LogP contribution in [0, 0.1) is 23.2 Å². The molecule has 8 nitrogen and oxygen atoms in total. The maximum absolute atomic E-state index is 11.4. The number of nitrogens with zero attached hydrogens (tertiary/aromatic N) is 2. The maximum Gasteiger partial charge on any atom is 0.310 e. The van der Waals surface area contributed by atoms with Crippen molar-refractivity contribution in [2.45, 2.75) is 44.8 Å². The van der Waals surface area contributed by atoms with Crippen molar-refractivity contribution in [1.82, 2.24) is 9.88 Å². The average Bonchev–Trinajstić information content (AvgIpc) is 2.96.